The van der Waals surface area contributed by atoms with Crippen LogP contribution in [0.1, 0.15) is 69.4 Å². The molecule has 1 amide bonds. The number of phosphoric ester groups is 1. The van der Waals surface area contributed by atoms with Crippen LogP contribution in [-0.4, -0.2) is 48.3 Å². The minimum Gasteiger partial charge on any atom is -0.410 e. The minimum absolute atomic E-state index is 0.229. The standard InChI is InChI=1S/C32H43N2O7P/c1-3-4-21-19-22-20-25(40-31(35)33-23-5-7-24(8-6-23)34-15-17-39-18-16-34)9-10-26(22)27-13-14-32(2)28(30(21)27)11-12-29(32)41-42(36,37)38/h5-10,20-21,27-30H,3-4,11-19H2,1-2H3,(H,33,35)(H2,36,37,38)/t21-,27-,28+,29+,30-,32+/m1/s1. The maximum absolute atomic E-state index is 12.8. The van der Waals surface area contributed by atoms with Crippen LogP contribution in [0.2, 0.25) is 0 Å². The summed E-state index contributed by atoms with van der Waals surface area (Å²) in [7, 11) is -4.54. The van der Waals surface area contributed by atoms with E-state index in [1.165, 1.54) is 11.1 Å². The molecule has 6 rings (SSSR count). The molecule has 4 aliphatic rings. The highest BCUT2D eigenvalue weighted by molar-refractivity contribution is 7.46. The lowest BCUT2D eigenvalue weighted by molar-refractivity contribution is -0.0379. The average Bonchev–Trinajstić information content (AvgIpc) is 3.28. The van der Waals surface area contributed by atoms with Crippen molar-refractivity contribution in [2.24, 2.45) is 23.2 Å². The molecular weight excluding hydrogens is 555 g/mol. The molecule has 1 saturated heterocycles. The van der Waals surface area contributed by atoms with Crippen molar-refractivity contribution in [2.45, 2.75) is 70.8 Å². The van der Waals surface area contributed by atoms with Gasteiger partial charge in [0, 0.05) is 24.5 Å². The van der Waals surface area contributed by atoms with Gasteiger partial charge in [0.05, 0.1) is 19.3 Å². The molecular formula is C32H43N2O7P. The maximum Gasteiger partial charge on any atom is 0.469 e. The number of ether oxygens (including phenoxy) is 2. The van der Waals surface area contributed by atoms with E-state index in [4.69, 9.17) is 14.0 Å². The Hall–Kier alpha value is -2.42. The molecule has 9 nitrogen and oxygen atoms in total. The first-order valence-electron chi connectivity index (χ1n) is 15.4. The molecule has 3 fully saturated rings. The third-order valence-electron chi connectivity index (χ3n) is 10.4. The normalized spacial score (nSPS) is 30.7. The zero-order chi connectivity index (χ0) is 29.5. The molecule has 3 aliphatic carbocycles. The van der Waals surface area contributed by atoms with Gasteiger partial charge in [0.25, 0.3) is 0 Å². The number of hydrogen-bond donors (Lipinski definition) is 3. The van der Waals surface area contributed by atoms with Gasteiger partial charge >= 0.3 is 13.9 Å². The van der Waals surface area contributed by atoms with Crippen LogP contribution >= 0.6 is 7.82 Å². The fourth-order valence-electron chi connectivity index (χ4n) is 8.60. The molecule has 0 bridgehead atoms. The van der Waals surface area contributed by atoms with Crippen LogP contribution in [0, 0.1) is 23.2 Å². The lowest BCUT2D eigenvalue weighted by Crippen LogP contribution is -2.47. The zero-order valence-electron chi connectivity index (χ0n) is 24.5. The van der Waals surface area contributed by atoms with Crippen LogP contribution in [0.5, 0.6) is 5.75 Å². The predicted molar refractivity (Wildman–Crippen MR) is 161 cm³/mol. The Morgan fingerprint density at radius 2 is 1.88 bits per heavy atom. The van der Waals surface area contributed by atoms with Crippen LogP contribution in [0.4, 0.5) is 16.2 Å². The summed E-state index contributed by atoms with van der Waals surface area (Å²) in [5, 5.41) is 2.85. The van der Waals surface area contributed by atoms with Crippen molar-refractivity contribution in [1.82, 2.24) is 0 Å². The number of anilines is 2. The summed E-state index contributed by atoms with van der Waals surface area (Å²) in [6, 6.07) is 13.9. The number of benzene rings is 2. The lowest BCUT2D eigenvalue weighted by atomic mass is 9.52. The van der Waals surface area contributed by atoms with E-state index < -0.39 is 20.0 Å². The second-order valence-corrected chi connectivity index (χ2v) is 14.0. The summed E-state index contributed by atoms with van der Waals surface area (Å²) in [6.45, 7) is 7.58. The van der Waals surface area contributed by atoms with Crippen LogP contribution in [0.25, 0.3) is 0 Å². The smallest absolute Gasteiger partial charge is 0.410 e. The number of phosphoric acid groups is 1. The van der Waals surface area contributed by atoms with Crippen LogP contribution in [-0.2, 0) is 20.2 Å². The summed E-state index contributed by atoms with van der Waals surface area (Å²) < 4.78 is 28.2. The van der Waals surface area contributed by atoms with Gasteiger partial charge in [-0.3, -0.25) is 9.84 Å². The molecule has 228 valence electrons. The van der Waals surface area contributed by atoms with Crippen molar-refractivity contribution in [3.63, 3.8) is 0 Å². The molecule has 0 spiro atoms. The van der Waals surface area contributed by atoms with Gasteiger partial charge in [-0.05, 0) is 109 Å². The molecule has 10 heteroatoms. The molecule has 2 aromatic carbocycles. The number of rotatable bonds is 7. The van der Waals surface area contributed by atoms with Crippen LogP contribution in [0.15, 0.2) is 42.5 Å². The van der Waals surface area contributed by atoms with Gasteiger partial charge in [-0.1, -0.05) is 32.8 Å². The van der Waals surface area contributed by atoms with Crippen molar-refractivity contribution in [3.05, 3.63) is 53.6 Å². The number of nitrogens with zero attached hydrogens (tertiary/aromatic N) is 1. The van der Waals surface area contributed by atoms with E-state index in [9.17, 15) is 19.1 Å². The highest BCUT2D eigenvalue weighted by Crippen LogP contribution is 2.64. The highest BCUT2D eigenvalue weighted by atomic mass is 31.2. The van der Waals surface area contributed by atoms with E-state index in [0.29, 0.717) is 41.5 Å². The number of amides is 1. The Morgan fingerprint density at radius 1 is 1.12 bits per heavy atom. The SMILES string of the molecule is CCC[C@@H]1Cc2cc(OC(=O)Nc3ccc(N4CCOCC4)cc3)ccc2[C@H]2CC[C@]3(C)[C@@H](OP(=O)(O)O)CC[C@H]3[C@H]12. The topological polar surface area (TPSA) is 118 Å². The summed E-state index contributed by atoms with van der Waals surface area (Å²) in [4.78, 5) is 34.2. The van der Waals surface area contributed by atoms with Crippen molar-refractivity contribution in [3.8, 4) is 5.75 Å². The number of nitrogens with one attached hydrogen (secondary N) is 1. The fourth-order valence-corrected chi connectivity index (χ4v) is 9.28. The number of hydrogen-bond acceptors (Lipinski definition) is 6. The molecule has 1 aliphatic heterocycles. The molecule has 1 heterocycles. The zero-order valence-corrected chi connectivity index (χ0v) is 25.4. The molecule has 0 aromatic heterocycles. The number of carbonyl (C=O) groups is 1. The molecule has 2 aromatic rings. The molecule has 2 saturated carbocycles. The van der Waals surface area contributed by atoms with Crippen molar-refractivity contribution in [2.75, 3.05) is 36.5 Å². The van der Waals surface area contributed by atoms with Crippen molar-refractivity contribution in [1.29, 1.82) is 0 Å². The summed E-state index contributed by atoms with van der Waals surface area (Å²) in [5.41, 5.74) is 4.15. The van der Waals surface area contributed by atoms with E-state index in [1.807, 2.05) is 36.4 Å². The third kappa shape index (κ3) is 6.00. The molecule has 0 unspecified atom stereocenters. The Labute approximate surface area is 248 Å². The number of morpholine rings is 1. The minimum atomic E-state index is -4.54. The lowest BCUT2D eigenvalue weighted by Gasteiger charge is -2.53. The van der Waals surface area contributed by atoms with Crippen LogP contribution in [0.3, 0.4) is 0 Å². The summed E-state index contributed by atoms with van der Waals surface area (Å²) in [5.74, 6) is 2.23. The molecule has 0 radical (unpaired) electrons. The third-order valence-corrected chi connectivity index (χ3v) is 10.9. The van der Waals surface area contributed by atoms with E-state index in [0.717, 1.165) is 70.5 Å². The van der Waals surface area contributed by atoms with E-state index in [-0.39, 0.29) is 5.41 Å². The van der Waals surface area contributed by atoms with Gasteiger partial charge in [-0.2, -0.15) is 0 Å². The quantitative estimate of drug-likeness (QED) is 0.310. The maximum atomic E-state index is 12.8. The van der Waals surface area contributed by atoms with Crippen LogP contribution < -0.4 is 15.0 Å². The highest BCUT2D eigenvalue weighted by Gasteiger charge is 2.58. The molecule has 6 atom stereocenters. The monoisotopic (exact) mass is 598 g/mol. The van der Waals surface area contributed by atoms with Gasteiger partial charge in [0.2, 0.25) is 0 Å². The molecule has 3 N–H and O–H groups in total. The Kier molecular flexibility index (Phi) is 8.42. The second-order valence-electron chi connectivity index (χ2n) is 12.8. The van der Waals surface area contributed by atoms with E-state index >= 15 is 0 Å². The van der Waals surface area contributed by atoms with E-state index in [2.05, 4.69) is 30.1 Å². The van der Waals surface area contributed by atoms with Gasteiger partial charge in [0.1, 0.15) is 5.75 Å². The van der Waals surface area contributed by atoms with Gasteiger partial charge in [-0.25, -0.2) is 9.36 Å². The first-order chi connectivity index (χ1) is 20.1. The van der Waals surface area contributed by atoms with Gasteiger partial charge in [-0.15, -0.1) is 0 Å². The Balaban J connectivity index is 1.15. The number of carbonyl (C=O) groups excluding carboxylic acids is 1. The number of fused-ring (bicyclic) bond motifs is 5. The first kappa shape index (κ1) is 29.6. The second kappa shape index (κ2) is 11.9. The molecule has 42 heavy (non-hydrogen) atoms. The van der Waals surface area contributed by atoms with Crippen molar-refractivity contribution < 1.29 is 33.1 Å². The summed E-state index contributed by atoms with van der Waals surface area (Å²) >= 11 is 0. The summed E-state index contributed by atoms with van der Waals surface area (Å²) in [6.07, 6.45) is 5.66. The van der Waals surface area contributed by atoms with Crippen molar-refractivity contribution >= 4 is 25.3 Å². The van der Waals surface area contributed by atoms with Gasteiger partial charge in [0.15, 0.2) is 0 Å². The predicted octanol–water partition coefficient (Wildman–Crippen LogP) is 6.49. The fraction of sp³-hybridized carbons (Fsp3) is 0.594. The van der Waals surface area contributed by atoms with E-state index in [1.54, 1.807) is 0 Å². The Morgan fingerprint density at radius 3 is 2.60 bits per heavy atom. The average molecular weight is 599 g/mol. The van der Waals surface area contributed by atoms with Gasteiger partial charge < -0.3 is 24.2 Å². The largest absolute Gasteiger partial charge is 0.469 e. The first-order valence-corrected chi connectivity index (χ1v) is 17.0. The Bertz CT molecular complexity index is 1320.